The number of aliphatic hydroxyl groups is 1. The molecular formula is C25H20N4O3. The van der Waals surface area contributed by atoms with Crippen LogP contribution in [0, 0.1) is 13.8 Å². The van der Waals surface area contributed by atoms with E-state index in [0.717, 1.165) is 16.6 Å². The van der Waals surface area contributed by atoms with Crippen molar-refractivity contribution in [3.63, 3.8) is 0 Å². The van der Waals surface area contributed by atoms with Crippen LogP contribution in [0.5, 0.6) is 0 Å². The molecule has 3 heterocycles. The molecular weight excluding hydrogens is 404 g/mol. The number of rotatable bonds is 3. The van der Waals surface area contributed by atoms with Gasteiger partial charge in [0.05, 0.1) is 22.6 Å². The van der Waals surface area contributed by atoms with Crippen molar-refractivity contribution in [1.29, 1.82) is 0 Å². The van der Waals surface area contributed by atoms with Crippen LogP contribution in [0.2, 0.25) is 0 Å². The number of amides is 1. The normalized spacial score (nSPS) is 17.9. The zero-order valence-electron chi connectivity index (χ0n) is 17.5. The van der Waals surface area contributed by atoms with Crippen LogP contribution in [0.4, 0.5) is 5.95 Å². The average molecular weight is 424 g/mol. The molecule has 2 aromatic carbocycles. The van der Waals surface area contributed by atoms with Crippen molar-refractivity contribution in [2.45, 2.75) is 19.9 Å². The van der Waals surface area contributed by atoms with Crippen molar-refractivity contribution in [2.75, 3.05) is 4.90 Å². The summed E-state index contributed by atoms with van der Waals surface area (Å²) in [5.41, 5.74) is 4.62. The quantitative estimate of drug-likeness (QED) is 0.292. The number of aromatic nitrogens is 3. The second kappa shape index (κ2) is 7.46. The Labute approximate surface area is 184 Å². The summed E-state index contributed by atoms with van der Waals surface area (Å²) in [6.07, 6.45) is 3.17. The SMILES string of the molecule is Cc1ccc(/C(O)=C2\C(=O)C(=O)N(c3nc4ccc(C)cc4[nH]3)C2c2ccncc2)cc1. The molecule has 7 heteroatoms. The van der Waals surface area contributed by atoms with Gasteiger partial charge in [0.2, 0.25) is 5.95 Å². The van der Waals surface area contributed by atoms with Crippen molar-refractivity contribution >= 4 is 34.4 Å². The van der Waals surface area contributed by atoms with Gasteiger partial charge < -0.3 is 10.1 Å². The Morgan fingerprint density at radius 1 is 0.969 bits per heavy atom. The molecule has 158 valence electrons. The van der Waals surface area contributed by atoms with Gasteiger partial charge in [0.25, 0.3) is 5.78 Å². The van der Waals surface area contributed by atoms with Gasteiger partial charge in [-0.15, -0.1) is 0 Å². The highest BCUT2D eigenvalue weighted by Crippen LogP contribution is 2.41. The summed E-state index contributed by atoms with van der Waals surface area (Å²) in [6, 6.07) is 15.4. The summed E-state index contributed by atoms with van der Waals surface area (Å²) in [4.78, 5) is 39.4. The monoisotopic (exact) mass is 424 g/mol. The number of Topliss-reactive ketones (excluding diaryl/α,β-unsaturated/α-hetero) is 1. The number of hydrogen-bond acceptors (Lipinski definition) is 5. The van der Waals surface area contributed by atoms with Gasteiger partial charge in [0, 0.05) is 18.0 Å². The maximum absolute atomic E-state index is 13.2. The highest BCUT2D eigenvalue weighted by atomic mass is 16.3. The third-order valence-electron chi connectivity index (χ3n) is 5.64. The number of nitrogens with one attached hydrogen (secondary N) is 1. The van der Waals surface area contributed by atoms with Crippen LogP contribution in [0.25, 0.3) is 16.8 Å². The zero-order chi connectivity index (χ0) is 22.4. The fourth-order valence-electron chi connectivity index (χ4n) is 4.00. The largest absolute Gasteiger partial charge is 0.507 e. The molecule has 1 amide bonds. The van der Waals surface area contributed by atoms with Crippen molar-refractivity contribution in [3.8, 4) is 0 Å². The molecule has 0 radical (unpaired) electrons. The fourth-order valence-corrected chi connectivity index (χ4v) is 4.00. The predicted octanol–water partition coefficient (Wildman–Crippen LogP) is 4.20. The zero-order valence-corrected chi connectivity index (χ0v) is 17.5. The van der Waals surface area contributed by atoms with E-state index in [9.17, 15) is 14.7 Å². The summed E-state index contributed by atoms with van der Waals surface area (Å²) in [5.74, 6) is -1.49. The minimum atomic E-state index is -0.846. The van der Waals surface area contributed by atoms with Crippen LogP contribution in [0.1, 0.15) is 28.3 Å². The highest BCUT2D eigenvalue weighted by Gasteiger charge is 2.48. The molecule has 2 N–H and O–H groups in total. The third-order valence-corrected chi connectivity index (χ3v) is 5.64. The van der Waals surface area contributed by atoms with Crippen molar-refractivity contribution in [3.05, 3.63) is 94.8 Å². The van der Waals surface area contributed by atoms with Crippen LogP contribution >= 0.6 is 0 Å². The average Bonchev–Trinajstić information content (AvgIpc) is 3.32. The molecule has 0 spiro atoms. The Balaban J connectivity index is 1.72. The molecule has 0 bridgehead atoms. The first-order valence-electron chi connectivity index (χ1n) is 10.2. The van der Waals surface area contributed by atoms with Crippen molar-refractivity contribution < 1.29 is 14.7 Å². The number of H-pyrrole nitrogens is 1. The van der Waals surface area contributed by atoms with E-state index in [1.807, 2.05) is 44.2 Å². The molecule has 2 aromatic heterocycles. The van der Waals surface area contributed by atoms with E-state index < -0.39 is 17.7 Å². The molecule has 32 heavy (non-hydrogen) atoms. The maximum atomic E-state index is 13.2. The summed E-state index contributed by atoms with van der Waals surface area (Å²) < 4.78 is 0. The van der Waals surface area contributed by atoms with Crippen molar-refractivity contribution in [2.24, 2.45) is 0 Å². The van der Waals surface area contributed by atoms with Crippen LogP contribution in [0.3, 0.4) is 0 Å². The Morgan fingerprint density at radius 3 is 2.38 bits per heavy atom. The van der Waals surface area contributed by atoms with Crippen molar-refractivity contribution in [1.82, 2.24) is 15.0 Å². The molecule has 1 aliphatic rings. The number of imidazole rings is 1. The van der Waals surface area contributed by atoms with E-state index >= 15 is 0 Å². The molecule has 0 aliphatic carbocycles. The smallest absolute Gasteiger partial charge is 0.302 e. The molecule has 1 fully saturated rings. The number of pyridine rings is 1. The van der Waals surface area contributed by atoms with Crippen LogP contribution in [-0.4, -0.2) is 31.7 Å². The van der Waals surface area contributed by atoms with Crippen LogP contribution in [0.15, 0.2) is 72.6 Å². The topological polar surface area (TPSA) is 99.2 Å². The summed E-state index contributed by atoms with van der Waals surface area (Å²) >= 11 is 0. The first-order chi connectivity index (χ1) is 15.4. The number of ketones is 1. The first-order valence-corrected chi connectivity index (χ1v) is 10.2. The number of anilines is 1. The number of benzene rings is 2. The van der Waals surface area contributed by atoms with Gasteiger partial charge in [-0.25, -0.2) is 4.98 Å². The van der Waals surface area contributed by atoms with Gasteiger partial charge in [0.15, 0.2) is 0 Å². The number of fused-ring (bicyclic) bond motifs is 1. The second-order valence-corrected chi connectivity index (χ2v) is 7.90. The minimum absolute atomic E-state index is 0.0155. The predicted molar refractivity (Wildman–Crippen MR) is 121 cm³/mol. The van der Waals surface area contributed by atoms with Gasteiger partial charge in [0.1, 0.15) is 5.76 Å². The Morgan fingerprint density at radius 2 is 1.66 bits per heavy atom. The second-order valence-electron chi connectivity index (χ2n) is 7.90. The number of carbonyl (C=O) groups is 2. The highest BCUT2D eigenvalue weighted by molar-refractivity contribution is 6.51. The van der Waals surface area contributed by atoms with Crippen LogP contribution in [-0.2, 0) is 9.59 Å². The fraction of sp³-hybridized carbons (Fsp3) is 0.120. The van der Waals surface area contributed by atoms with Crippen LogP contribution < -0.4 is 4.90 Å². The lowest BCUT2D eigenvalue weighted by Gasteiger charge is -2.22. The summed E-state index contributed by atoms with van der Waals surface area (Å²) in [5, 5.41) is 11.1. The Hall–Kier alpha value is -4.26. The summed E-state index contributed by atoms with van der Waals surface area (Å²) in [7, 11) is 0. The van der Waals surface area contributed by atoms with E-state index in [1.165, 1.54) is 4.90 Å². The molecule has 4 aromatic rings. The number of aromatic amines is 1. The van der Waals surface area contributed by atoms with Gasteiger partial charge in [-0.05, 0) is 49.2 Å². The van der Waals surface area contributed by atoms with Gasteiger partial charge >= 0.3 is 5.91 Å². The van der Waals surface area contributed by atoms with E-state index in [1.54, 1.807) is 36.7 Å². The minimum Gasteiger partial charge on any atom is -0.507 e. The number of hydrogen-bond donors (Lipinski definition) is 2. The van der Waals surface area contributed by atoms with E-state index in [-0.39, 0.29) is 17.3 Å². The van der Waals surface area contributed by atoms with E-state index in [4.69, 9.17) is 0 Å². The number of aliphatic hydroxyl groups excluding tert-OH is 1. The molecule has 7 nitrogen and oxygen atoms in total. The van der Waals surface area contributed by atoms with Gasteiger partial charge in [-0.1, -0.05) is 35.9 Å². The van der Waals surface area contributed by atoms with E-state index in [2.05, 4.69) is 15.0 Å². The lowest BCUT2D eigenvalue weighted by molar-refractivity contribution is -0.132. The first kappa shape index (κ1) is 19.7. The van der Waals surface area contributed by atoms with Gasteiger partial charge in [-0.2, -0.15) is 0 Å². The lowest BCUT2D eigenvalue weighted by atomic mass is 9.96. The molecule has 1 saturated heterocycles. The molecule has 0 saturated carbocycles. The third kappa shape index (κ3) is 3.15. The number of carbonyl (C=O) groups excluding carboxylic acids is 2. The molecule has 1 aliphatic heterocycles. The number of aryl methyl sites for hydroxylation is 2. The Bertz CT molecular complexity index is 1390. The molecule has 1 atom stereocenters. The van der Waals surface area contributed by atoms with E-state index in [0.29, 0.717) is 16.6 Å². The lowest BCUT2D eigenvalue weighted by Crippen LogP contribution is -2.30. The number of nitrogens with zero attached hydrogens (tertiary/aromatic N) is 3. The summed E-state index contributed by atoms with van der Waals surface area (Å²) in [6.45, 7) is 3.90. The Kier molecular flexibility index (Phi) is 4.59. The maximum Gasteiger partial charge on any atom is 0.302 e. The van der Waals surface area contributed by atoms with Gasteiger partial charge in [-0.3, -0.25) is 19.5 Å². The molecule has 5 rings (SSSR count). The standard InChI is InChI=1S/C25H20N4O3/c1-14-3-6-17(7-4-14)22(30)20-21(16-9-11-26-12-10-16)29(24(32)23(20)31)25-27-18-8-5-15(2)13-19(18)28-25/h3-13,21,30H,1-2H3,(H,27,28)/b22-20+. The molecule has 1 unspecified atom stereocenters.